The zero-order valence-electron chi connectivity index (χ0n) is 19.4. The van der Waals surface area contributed by atoms with Crippen LogP contribution in [0.3, 0.4) is 0 Å². The molecule has 0 bridgehead atoms. The van der Waals surface area contributed by atoms with E-state index >= 15 is 0 Å². The summed E-state index contributed by atoms with van der Waals surface area (Å²) in [6, 6.07) is 22.0. The van der Waals surface area contributed by atoms with E-state index < -0.39 is 0 Å². The number of hydrogen-bond acceptors (Lipinski definition) is 4. The third kappa shape index (κ3) is 6.93. The number of carbonyl (C=O) groups is 1. The Kier molecular flexibility index (Phi) is 8.55. The van der Waals surface area contributed by atoms with Crippen molar-refractivity contribution < 1.29 is 9.18 Å². The standard InChI is InChI=1S/C27H26ClFN4OS/c1-19-6-2-3-7-21(19)18-35-27-32-31-25(33(27)24-9-4-8-22(28)16-24)10-5-11-26(34)30-17-20-12-14-23(29)15-13-20/h2-4,6-9,12-16H,5,10-11,17-18H2,1H3,(H,30,34). The maximum Gasteiger partial charge on any atom is 0.220 e. The first-order chi connectivity index (χ1) is 17.0. The van der Waals surface area contributed by atoms with Crippen molar-refractivity contribution in [3.05, 3.63) is 106 Å². The summed E-state index contributed by atoms with van der Waals surface area (Å²) in [5.74, 6) is 1.21. The van der Waals surface area contributed by atoms with E-state index in [9.17, 15) is 9.18 Å². The molecule has 180 valence electrons. The van der Waals surface area contributed by atoms with E-state index in [4.69, 9.17) is 11.6 Å². The fourth-order valence-corrected chi connectivity index (χ4v) is 4.87. The van der Waals surface area contributed by atoms with Gasteiger partial charge in [0.05, 0.1) is 5.69 Å². The van der Waals surface area contributed by atoms with Gasteiger partial charge in [0.1, 0.15) is 11.6 Å². The summed E-state index contributed by atoms with van der Waals surface area (Å²) >= 11 is 7.89. The number of aromatic nitrogens is 3. The van der Waals surface area contributed by atoms with Gasteiger partial charge in [0, 0.05) is 30.2 Å². The number of aryl methyl sites for hydroxylation is 2. The van der Waals surface area contributed by atoms with Crippen molar-refractivity contribution in [1.82, 2.24) is 20.1 Å². The van der Waals surface area contributed by atoms with E-state index in [0.717, 1.165) is 28.0 Å². The second-order valence-electron chi connectivity index (χ2n) is 8.19. The number of hydrogen-bond donors (Lipinski definition) is 1. The number of benzene rings is 3. The minimum absolute atomic E-state index is 0.0581. The molecule has 1 heterocycles. The highest BCUT2D eigenvalue weighted by molar-refractivity contribution is 7.98. The summed E-state index contributed by atoms with van der Waals surface area (Å²) in [7, 11) is 0. The topological polar surface area (TPSA) is 59.8 Å². The van der Waals surface area contributed by atoms with Crippen LogP contribution in [0.1, 0.15) is 35.4 Å². The second kappa shape index (κ2) is 12.0. The Morgan fingerprint density at radius 1 is 1.06 bits per heavy atom. The highest BCUT2D eigenvalue weighted by Gasteiger charge is 2.16. The molecule has 0 saturated heterocycles. The predicted molar refractivity (Wildman–Crippen MR) is 138 cm³/mol. The van der Waals surface area contributed by atoms with Gasteiger partial charge >= 0.3 is 0 Å². The summed E-state index contributed by atoms with van der Waals surface area (Å²) in [6.45, 7) is 2.47. The van der Waals surface area contributed by atoms with E-state index in [1.807, 2.05) is 41.0 Å². The third-order valence-electron chi connectivity index (χ3n) is 5.59. The van der Waals surface area contributed by atoms with Crippen molar-refractivity contribution in [2.75, 3.05) is 0 Å². The average molecular weight is 509 g/mol. The molecule has 0 unspecified atom stereocenters. The van der Waals surface area contributed by atoms with E-state index in [1.165, 1.54) is 23.3 Å². The van der Waals surface area contributed by atoms with Crippen LogP contribution >= 0.6 is 23.4 Å². The predicted octanol–water partition coefficient (Wildman–Crippen LogP) is 6.30. The lowest BCUT2D eigenvalue weighted by atomic mass is 10.1. The number of halogens is 2. The SMILES string of the molecule is Cc1ccccc1CSc1nnc(CCCC(=O)NCc2ccc(F)cc2)n1-c1cccc(Cl)c1. The second-order valence-corrected chi connectivity index (χ2v) is 9.56. The zero-order chi connectivity index (χ0) is 24.6. The van der Waals surface area contributed by atoms with Crippen molar-refractivity contribution in [2.24, 2.45) is 0 Å². The molecule has 4 rings (SSSR count). The van der Waals surface area contributed by atoms with Crippen LogP contribution in [0.25, 0.3) is 5.69 Å². The van der Waals surface area contributed by atoms with Gasteiger partial charge in [-0.25, -0.2) is 4.39 Å². The van der Waals surface area contributed by atoms with Crippen LogP contribution in [0.4, 0.5) is 4.39 Å². The van der Waals surface area contributed by atoms with E-state index in [0.29, 0.717) is 30.8 Å². The molecule has 0 saturated carbocycles. The number of rotatable bonds is 10. The Bertz CT molecular complexity index is 1290. The Morgan fingerprint density at radius 2 is 1.86 bits per heavy atom. The van der Waals surface area contributed by atoms with Gasteiger partial charge in [-0.2, -0.15) is 0 Å². The summed E-state index contributed by atoms with van der Waals surface area (Å²) in [5.41, 5.74) is 4.24. The molecule has 35 heavy (non-hydrogen) atoms. The van der Waals surface area contributed by atoms with Gasteiger partial charge in [0.15, 0.2) is 5.16 Å². The molecule has 3 aromatic carbocycles. The van der Waals surface area contributed by atoms with Crippen LogP contribution < -0.4 is 5.32 Å². The molecule has 5 nitrogen and oxygen atoms in total. The summed E-state index contributed by atoms with van der Waals surface area (Å²) in [4.78, 5) is 12.3. The highest BCUT2D eigenvalue weighted by atomic mass is 35.5. The third-order valence-corrected chi connectivity index (χ3v) is 6.80. The molecule has 0 aliphatic carbocycles. The number of nitrogens with one attached hydrogen (secondary N) is 1. The Labute approximate surface area is 213 Å². The van der Waals surface area contributed by atoms with E-state index in [-0.39, 0.29) is 11.7 Å². The molecule has 0 aliphatic rings. The zero-order valence-corrected chi connectivity index (χ0v) is 21.0. The molecule has 1 N–H and O–H groups in total. The van der Waals surface area contributed by atoms with Crippen molar-refractivity contribution >= 4 is 29.3 Å². The number of amides is 1. The van der Waals surface area contributed by atoms with Gasteiger partial charge in [-0.1, -0.05) is 65.8 Å². The van der Waals surface area contributed by atoms with Crippen molar-refractivity contribution in [2.45, 2.75) is 43.6 Å². The first-order valence-corrected chi connectivity index (χ1v) is 12.7. The Balaban J connectivity index is 1.41. The highest BCUT2D eigenvalue weighted by Crippen LogP contribution is 2.28. The average Bonchev–Trinajstić information content (AvgIpc) is 3.26. The Hall–Kier alpha value is -3.16. The molecule has 0 spiro atoms. The van der Waals surface area contributed by atoms with Gasteiger partial charge in [0.25, 0.3) is 0 Å². The molecular formula is C27H26ClFN4OS. The molecule has 1 aromatic heterocycles. The van der Waals surface area contributed by atoms with Crippen LogP contribution in [-0.2, 0) is 23.5 Å². The van der Waals surface area contributed by atoms with Gasteiger partial charge in [0.2, 0.25) is 5.91 Å². The van der Waals surface area contributed by atoms with E-state index in [1.54, 1.807) is 23.9 Å². The van der Waals surface area contributed by atoms with Crippen LogP contribution in [0.5, 0.6) is 0 Å². The first-order valence-electron chi connectivity index (χ1n) is 11.4. The molecule has 0 atom stereocenters. The summed E-state index contributed by atoms with van der Waals surface area (Å²) in [6.07, 6.45) is 1.57. The minimum Gasteiger partial charge on any atom is -0.352 e. The molecule has 1 amide bonds. The molecule has 0 radical (unpaired) electrons. The molecule has 4 aromatic rings. The van der Waals surface area contributed by atoms with Crippen LogP contribution in [0.15, 0.2) is 78.0 Å². The number of nitrogens with zero attached hydrogens (tertiary/aromatic N) is 3. The van der Waals surface area contributed by atoms with Gasteiger partial charge in [-0.15, -0.1) is 10.2 Å². The summed E-state index contributed by atoms with van der Waals surface area (Å²) in [5, 5.41) is 13.2. The molecule has 8 heteroatoms. The maximum atomic E-state index is 13.0. The lowest BCUT2D eigenvalue weighted by Crippen LogP contribution is -2.22. The van der Waals surface area contributed by atoms with Crippen LogP contribution in [-0.4, -0.2) is 20.7 Å². The molecule has 0 fully saturated rings. The van der Waals surface area contributed by atoms with Gasteiger partial charge in [-0.3, -0.25) is 9.36 Å². The lowest BCUT2D eigenvalue weighted by Gasteiger charge is -2.11. The molecule has 0 aliphatic heterocycles. The largest absolute Gasteiger partial charge is 0.352 e. The molecular weight excluding hydrogens is 483 g/mol. The minimum atomic E-state index is -0.291. The fourth-order valence-electron chi connectivity index (χ4n) is 3.64. The van der Waals surface area contributed by atoms with Crippen molar-refractivity contribution in [1.29, 1.82) is 0 Å². The monoisotopic (exact) mass is 508 g/mol. The fraction of sp³-hybridized carbons (Fsp3) is 0.222. The van der Waals surface area contributed by atoms with E-state index in [2.05, 4.69) is 34.6 Å². The summed E-state index contributed by atoms with van der Waals surface area (Å²) < 4.78 is 15.1. The van der Waals surface area contributed by atoms with Crippen molar-refractivity contribution in [3.63, 3.8) is 0 Å². The quantitative estimate of drug-likeness (QED) is 0.255. The van der Waals surface area contributed by atoms with Gasteiger partial charge < -0.3 is 5.32 Å². The van der Waals surface area contributed by atoms with Crippen LogP contribution in [0, 0.1) is 12.7 Å². The number of thioether (sulfide) groups is 1. The number of carbonyl (C=O) groups excluding carboxylic acids is 1. The van der Waals surface area contributed by atoms with Crippen LogP contribution in [0.2, 0.25) is 5.02 Å². The lowest BCUT2D eigenvalue weighted by molar-refractivity contribution is -0.121. The van der Waals surface area contributed by atoms with Crippen molar-refractivity contribution in [3.8, 4) is 5.69 Å². The normalized spacial score (nSPS) is 10.9. The maximum absolute atomic E-state index is 13.0. The first kappa shape index (κ1) is 24.9. The van der Waals surface area contributed by atoms with Gasteiger partial charge in [-0.05, 0) is 60.4 Å². The Morgan fingerprint density at radius 3 is 2.63 bits per heavy atom. The smallest absolute Gasteiger partial charge is 0.220 e.